The molecule has 128 valence electrons. The lowest BCUT2D eigenvalue weighted by Gasteiger charge is -2.19. The van der Waals surface area contributed by atoms with Crippen molar-refractivity contribution in [1.29, 1.82) is 0 Å². The number of fused-ring (bicyclic) bond motifs is 1. The Labute approximate surface area is 146 Å². The van der Waals surface area contributed by atoms with E-state index < -0.39 is 5.91 Å². The molecule has 2 aromatic carbocycles. The highest BCUT2D eigenvalue weighted by Crippen LogP contribution is 2.29. The first-order valence-corrected chi connectivity index (χ1v) is 8.07. The molecule has 0 unspecified atom stereocenters. The van der Waals surface area contributed by atoms with E-state index >= 15 is 0 Å². The largest absolute Gasteiger partial charge is 0.321 e. The topological polar surface area (TPSA) is 66.5 Å². The van der Waals surface area contributed by atoms with Crippen LogP contribution >= 0.6 is 0 Å². The van der Waals surface area contributed by atoms with Gasteiger partial charge >= 0.3 is 0 Å². The maximum Gasteiger partial charge on any atom is 0.263 e. The first-order chi connectivity index (χ1) is 11.7. The van der Waals surface area contributed by atoms with Gasteiger partial charge in [0.05, 0.1) is 16.8 Å². The summed E-state index contributed by atoms with van der Waals surface area (Å²) in [5.74, 6) is -1.08. The summed E-state index contributed by atoms with van der Waals surface area (Å²) in [7, 11) is 1.43. The normalized spacial score (nSPS) is 13.8. The Hall–Kier alpha value is -2.95. The summed E-state index contributed by atoms with van der Waals surface area (Å²) in [4.78, 5) is 37.9. The van der Waals surface area contributed by atoms with Crippen LogP contribution < -0.4 is 5.32 Å². The molecule has 2 aromatic rings. The van der Waals surface area contributed by atoms with Crippen LogP contribution in [0.2, 0.25) is 0 Å². The Morgan fingerprint density at radius 3 is 2.20 bits per heavy atom. The molecule has 0 spiro atoms. The van der Waals surface area contributed by atoms with Crippen molar-refractivity contribution in [1.82, 2.24) is 4.90 Å². The number of nitrogens with one attached hydrogen (secondary N) is 1. The van der Waals surface area contributed by atoms with Crippen molar-refractivity contribution in [2.24, 2.45) is 0 Å². The summed E-state index contributed by atoms with van der Waals surface area (Å²) < 4.78 is 0. The van der Waals surface area contributed by atoms with Crippen molar-refractivity contribution in [3.05, 3.63) is 64.7 Å². The third-order valence-electron chi connectivity index (χ3n) is 4.38. The molecule has 1 heterocycles. The van der Waals surface area contributed by atoms with Gasteiger partial charge in [-0.15, -0.1) is 0 Å². The van der Waals surface area contributed by atoms with E-state index in [1.165, 1.54) is 7.05 Å². The van der Waals surface area contributed by atoms with Gasteiger partial charge < -0.3 is 5.32 Å². The SMILES string of the molecule is CN1C(=O)c2cccc(NC(=O)c3ccc(C(C)(C)C)cc3)c2C1=O. The molecule has 0 saturated heterocycles. The van der Waals surface area contributed by atoms with Crippen molar-refractivity contribution >= 4 is 23.4 Å². The van der Waals surface area contributed by atoms with Gasteiger partial charge in [0.25, 0.3) is 17.7 Å². The average Bonchev–Trinajstić information content (AvgIpc) is 2.79. The number of benzene rings is 2. The molecule has 3 amide bonds. The average molecular weight is 336 g/mol. The predicted octanol–water partition coefficient (Wildman–Crippen LogP) is 3.46. The maximum atomic E-state index is 12.5. The van der Waals surface area contributed by atoms with E-state index in [1.807, 2.05) is 12.1 Å². The standard InChI is InChI=1S/C20H20N2O3/c1-20(2,3)13-10-8-12(9-11-13)17(23)21-15-7-5-6-14-16(15)19(25)22(4)18(14)24/h5-11H,1-4H3,(H,21,23). The smallest absolute Gasteiger partial charge is 0.263 e. The number of imide groups is 1. The van der Waals surface area contributed by atoms with Gasteiger partial charge in [-0.25, -0.2) is 0 Å². The quantitative estimate of drug-likeness (QED) is 0.854. The third-order valence-corrected chi connectivity index (χ3v) is 4.38. The van der Waals surface area contributed by atoms with Gasteiger partial charge in [-0.1, -0.05) is 39.0 Å². The fourth-order valence-corrected chi connectivity index (χ4v) is 2.82. The molecule has 5 heteroatoms. The number of rotatable bonds is 2. The van der Waals surface area contributed by atoms with E-state index in [9.17, 15) is 14.4 Å². The van der Waals surface area contributed by atoms with Crippen LogP contribution in [0.1, 0.15) is 57.4 Å². The molecule has 3 rings (SSSR count). The van der Waals surface area contributed by atoms with Crippen LogP contribution in [0.15, 0.2) is 42.5 Å². The molecule has 1 N–H and O–H groups in total. The van der Waals surface area contributed by atoms with Crippen LogP contribution in [0.5, 0.6) is 0 Å². The Kier molecular flexibility index (Phi) is 3.95. The number of carbonyl (C=O) groups excluding carboxylic acids is 3. The van der Waals surface area contributed by atoms with E-state index in [-0.39, 0.29) is 22.8 Å². The second-order valence-corrected chi connectivity index (χ2v) is 7.18. The fourth-order valence-electron chi connectivity index (χ4n) is 2.82. The number of carbonyl (C=O) groups is 3. The lowest BCUT2D eigenvalue weighted by Crippen LogP contribution is -2.24. The van der Waals surface area contributed by atoms with Crippen LogP contribution in [0, 0.1) is 0 Å². The molecule has 0 bridgehead atoms. The van der Waals surface area contributed by atoms with E-state index in [1.54, 1.807) is 30.3 Å². The molecule has 1 aliphatic heterocycles. The van der Waals surface area contributed by atoms with Crippen molar-refractivity contribution in [3.63, 3.8) is 0 Å². The molecule has 0 atom stereocenters. The number of hydrogen-bond donors (Lipinski definition) is 1. The summed E-state index contributed by atoms with van der Waals surface area (Å²) in [6, 6.07) is 12.2. The zero-order valence-electron chi connectivity index (χ0n) is 14.7. The Morgan fingerprint density at radius 1 is 0.960 bits per heavy atom. The highest BCUT2D eigenvalue weighted by Gasteiger charge is 2.35. The highest BCUT2D eigenvalue weighted by atomic mass is 16.2. The molecule has 0 aromatic heterocycles. The summed E-state index contributed by atoms with van der Waals surface area (Å²) in [6.07, 6.45) is 0. The first kappa shape index (κ1) is 16.9. The Balaban J connectivity index is 1.88. The molecule has 0 saturated carbocycles. The van der Waals surface area contributed by atoms with Crippen LogP contribution in [0.3, 0.4) is 0 Å². The predicted molar refractivity (Wildman–Crippen MR) is 96.0 cm³/mol. The third kappa shape index (κ3) is 2.93. The zero-order valence-corrected chi connectivity index (χ0v) is 14.7. The van der Waals surface area contributed by atoms with Gasteiger partial charge in [-0.3, -0.25) is 19.3 Å². The number of nitrogens with zero attached hydrogens (tertiary/aromatic N) is 1. The molecule has 0 aliphatic carbocycles. The van der Waals surface area contributed by atoms with Gasteiger partial charge in [0.2, 0.25) is 0 Å². The van der Waals surface area contributed by atoms with Gasteiger partial charge in [0.1, 0.15) is 0 Å². The van der Waals surface area contributed by atoms with Gasteiger partial charge in [-0.2, -0.15) is 0 Å². The molecular formula is C20H20N2O3. The summed E-state index contributed by atoms with van der Waals surface area (Å²) >= 11 is 0. The van der Waals surface area contributed by atoms with Crippen molar-refractivity contribution in [2.45, 2.75) is 26.2 Å². The minimum Gasteiger partial charge on any atom is -0.321 e. The summed E-state index contributed by atoms with van der Waals surface area (Å²) in [5, 5.41) is 2.75. The minimum absolute atomic E-state index is 0.00657. The van der Waals surface area contributed by atoms with Crippen molar-refractivity contribution in [3.8, 4) is 0 Å². The van der Waals surface area contributed by atoms with E-state index in [4.69, 9.17) is 0 Å². The number of amides is 3. The molecule has 1 aliphatic rings. The van der Waals surface area contributed by atoms with Crippen LogP contribution in [-0.4, -0.2) is 29.7 Å². The van der Waals surface area contributed by atoms with Crippen LogP contribution in [-0.2, 0) is 5.41 Å². The zero-order chi connectivity index (χ0) is 18.4. The molecule has 0 fully saturated rings. The summed E-state index contributed by atoms with van der Waals surface area (Å²) in [6.45, 7) is 6.32. The van der Waals surface area contributed by atoms with Gasteiger partial charge in [0, 0.05) is 12.6 Å². The summed E-state index contributed by atoms with van der Waals surface area (Å²) in [5.41, 5.74) is 2.54. The second-order valence-electron chi connectivity index (χ2n) is 7.18. The van der Waals surface area contributed by atoms with Crippen molar-refractivity contribution < 1.29 is 14.4 Å². The maximum absolute atomic E-state index is 12.5. The van der Waals surface area contributed by atoms with Crippen LogP contribution in [0.25, 0.3) is 0 Å². The van der Waals surface area contributed by atoms with Crippen molar-refractivity contribution in [2.75, 3.05) is 12.4 Å². The molecular weight excluding hydrogens is 316 g/mol. The highest BCUT2D eigenvalue weighted by molar-refractivity contribution is 6.24. The number of hydrogen-bond acceptors (Lipinski definition) is 3. The lowest BCUT2D eigenvalue weighted by molar-refractivity contribution is 0.0693. The monoisotopic (exact) mass is 336 g/mol. The Morgan fingerprint density at radius 2 is 1.60 bits per heavy atom. The molecule has 5 nitrogen and oxygen atoms in total. The first-order valence-electron chi connectivity index (χ1n) is 8.07. The van der Waals surface area contributed by atoms with Gasteiger partial charge in [0.15, 0.2) is 0 Å². The van der Waals surface area contributed by atoms with E-state index in [2.05, 4.69) is 26.1 Å². The fraction of sp³-hybridized carbons (Fsp3) is 0.250. The van der Waals surface area contributed by atoms with Gasteiger partial charge in [-0.05, 0) is 35.2 Å². The second kappa shape index (κ2) is 5.84. The van der Waals surface area contributed by atoms with Crippen LogP contribution in [0.4, 0.5) is 5.69 Å². The van der Waals surface area contributed by atoms with E-state index in [0.29, 0.717) is 16.8 Å². The lowest BCUT2D eigenvalue weighted by atomic mass is 9.86. The number of anilines is 1. The minimum atomic E-state index is -0.404. The Bertz CT molecular complexity index is 877. The molecule has 25 heavy (non-hydrogen) atoms. The van der Waals surface area contributed by atoms with E-state index in [0.717, 1.165) is 10.5 Å². The molecule has 0 radical (unpaired) electrons.